The van der Waals surface area contributed by atoms with Gasteiger partial charge in [-0.25, -0.2) is 0 Å². The van der Waals surface area contributed by atoms with Crippen molar-refractivity contribution in [3.8, 4) is 11.5 Å². The van der Waals surface area contributed by atoms with E-state index in [1.165, 1.54) is 0 Å². The molecule has 1 atom stereocenters. The highest BCUT2D eigenvalue weighted by Crippen LogP contribution is 2.40. The summed E-state index contributed by atoms with van der Waals surface area (Å²) < 4.78 is 11.0. The number of pyridine rings is 1. The van der Waals surface area contributed by atoms with Gasteiger partial charge in [0.25, 0.3) is 5.56 Å². The zero-order chi connectivity index (χ0) is 21.4. The first-order valence-electron chi connectivity index (χ1n) is 9.83. The highest BCUT2D eigenvalue weighted by atomic mass is 32.1. The fourth-order valence-electron chi connectivity index (χ4n) is 4.18. The number of benzene rings is 2. The molecule has 156 valence electrons. The van der Waals surface area contributed by atoms with Crippen LogP contribution in [-0.2, 0) is 6.42 Å². The molecule has 0 aliphatic carbocycles. The van der Waals surface area contributed by atoms with E-state index in [0.717, 1.165) is 34.0 Å². The molecular weight excluding hydrogens is 398 g/mol. The van der Waals surface area contributed by atoms with Crippen LogP contribution < -0.4 is 20.3 Å². The Hall–Kier alpha value is -3.06. The summed E-state index contributed by atoms with van der Waals surface area (Å²) in [5.74, 6) is 1.31. The molecule has 6 nitrogen and oxygen atoms in total. The third kappa shape index (κ3) is 3.39. The topological polar surface area (TPSA) is 66.6 Å². The molecule has 30 heavy (non-hydrogen) atoms. The molecule has 0 fully saturated rings. The van der Waals surface area contributed by atoms with Gasteiger partial charge >= 0.3 is 0 Å². The highest BCUT2D eigenvalue weighted by molar-refractivity contribution is 7.80. The molecular formula is C23H25N3O3S. The Morgan fingerprint density at radius 3 is 2.57 bits per heavy atom. The molecule has 2 heterocycles. The van der Waals surface area contributed by atoms with Crippen molar-refractivity contribution >= 4 is 28.2 Å². The molecule has 1 aliphatic rings. The maximum absolute atomic E-state index is 13.2. The second-order valence-electron chi connectivity index (χ2n) is 7.45. The van der Waals surface area contributed by atoms with Gasteiger partial charge in [0.1, 0.15) is 0 Å². The summed E-state index contributed by atoms with van der Waals surface area (Å²) in [4.78, 5) is 18.3. The van der Waals surface area contributed by atoms with Crippen molar-refractivity contribution < 1.29 is 9.47 Å². The number of rotatable bonds is 3. The van der Waals surface area contributed by atoms with Gasteiger partial charge in [0.05, 0.1) is 20.3 Å². The quantitative estimate of drug-likeness (QED) is 0.630. The van der Waals surface area contributed by atoms with Crippen LogP contribution in [0.15, 0.2) is 41.2 Å². The van der Waals surface area contributed by atoms with Crippen LogP contribution in [0, 0.1) is 6.92 Å². The van der Waals surface area contributed by atoms with Crippen molar-refractivity contribution in [3.63, 3.8) is 0 Å². The third-order valence-electron chi connectivity index (χ3n) is 5.67. The van der Waals surface area contributed by atoms with Gasteiger partial charge in [0, 0.05) is 24.7 Å². The van der Waals surface area contributed by atoms with Gasteiger partial charge in [-0.3, -0.25) is 4.79 Å². The smallest absolute Gasteiger partial charge is 0.254 e. The van der Waals surface area contributed by atoms with E-state index in [0.29, 0.717) is 28.7 Å². The monoisotopic (exact) mass is 423 g/mol. The number of nitrogens with zero attached hydrogens (tertiary/aromatic N) is 1. The van der Waals surface area contributed by atoms with E-state index in [4.69, 9.17) is 21.7 Å². The second kappa shape index (κ2) is 7.99. The van der Waals surface area contributed by atoms with Crippen LogP contribution in [0.4, 0.5) is 0 Å². The zero-order valence-corrected chi connectivity index (χ0v) is 18.4. The fraction of sp³-hybridized carbons (Fsp3) is 0.304. The maximum Gasteiger partial charge on any atom is 0.254 e. The van der Waals surface area contributed by atoms with E-state index in [-0.39, 0.29) is 11.6 Å². The van der Waals surface area contributed by atoms with Crippen LogP contribution in [0.3, 0.4) is 0 Å². The van der Waals surface area contributed by atoms with Gasteiger partial charge in [-0.2, -0.15) is 0 Å². The Morgan fingerprint density at radius 2 is 1.87 bits per heavy atom. The van der Waals surface area contributed by atoms with Crippen molar-refractivity contribution in [2.75, 3.05) is 27.8 Å². The molecule has 4 rings (SSSR count). The molecule has 2 N–H and O–H groups in total. The maximum atomic E-state index is 13.2. The number of aromatic amines is 1. The van der Waals surface area contributed by atoms with Gasteiger partial charge in [-0.15, -0.1) is 0 Å². The first kappa shape index (κ1) is 20.2. The Morgan fingerprint density at radius 1 is 1.13 bits per heavy atom. The number of nitrogens with one attached hydrogen (secondary N) is 2. The van der Waals surface area contributed by atoms with Crippen LogP contribution in [-0.4, -0.2) is 42.8 Å². The lowest BCUT2D eigenvalue weighted by Gasteiger charge is -2.39. The van der Waals surface area contributed by atoms with Crippen molar-refractivity contribution in [1.29, 1.82) is 0 Å². The van der Waals surface area contributed by atoms with Crippen LogP contribution in [0.1, 0.15) is 28.3 Å². The van der Waals surface area contributed by atoms with Gasteiger partial charge < -0.3 is 24.7 Å². The zero-order valence-electron chi connectivity index (χ0n) is 17.5. The van der Waals surface area contributed by atoms with E-state index in [1.54, 1.807) is 21.3 Å². The SMILES string of the molecule is CNC(=S)N1CCc2cc(OC)c(OC)cc2[C@H]1c1cc2ccc(C)cc2[nH]c1=O. The Kier molecular flexibility index (Phi) is 5.39. The molecule has 1 aliphatic heterocycles. The molecule has 0 radical (unpaired) electrons. The summed E-state index contributed by atoms with van der Waals surface area (Å²) >= 11 is 5.59. The number of fused-ring (bicyclic) bond motifs is 2. The molecule has 7 heteroatoms. The van der Waals surface area contributed by atoms with E-state index < -0.39 is 0 Å². The molecule has 0 amide bonds. The molecule has 0 spiro atoms. The minimum absolute atomic E-state index is 0.121. The second-order valence-corrected chi connectivity index (χ2v) is 7.84. The average Bonchev–Trinajstić information content (AvgIpc) is 2.76. The Bertz CT molecular complexity index is 1190. The number of hydrogen-bond acceptors (Lipinski definition) is 4. The van der Waals surface area contributed by atoms with Crippen LogP contribution in [0.5, 0.6) is 11.5 Å². The number of aryl methyl sites for hydroxylation is 1. The lowest BCUT2D eigenvalue weighted by molar-refractivity contribution is 0.324. The van der Waals surface area contributed by atoms with E-state index in [9.17, 15) is 4.79 Å². The molecule has 0 unspecified atom stereocenters. The minimum Gasteiger partial charge on any atom is -0.493 e. The van der Waals surface area contributed by atoms with Gasteiger partial charge in [0.2, 0.25) is 0 Å². The predicted molar refractivity (Wildman–Crippen MR) is 123 cm³/mol. The van der Waals surface area contributed by atoms with Crippen LogP contribution in [0.25, 0.3) is 10.9 Å². The van der Waals surface area contributed by atoms with Crippen LogP contribution >= 0.6 is 12.2 Å². The average molecular weight is 424 g/mol. The minimum atomic E-state index is -0.331. The molecule has 2 aromatic carbocycles. The Labute approximate surface area is 180 Å². The molecule has 1 aromatic heterocycles. The molecule has 0 saturated heterocycles. The van der Waals surface area contributed by atoms with E-state index in [1.807, 2.05) is 43.3 Å². The van der Waals surface area contributed by atoms with E-state index in [2.05, 4.69) is 15.2 Å². The standard InChI is InChI=1S/C23H25N3O3S/c1-13-5-6-15-10-17(22(27)25-18(15)9-13)21-16-12-20(29-4)19(28-3)11-14(16)7-8-26(21)23(30)24-2/h5-6,9-12,21H,7-8H2,1-4H3,(H,24,30)(H,25,27)/t21-/m0/s1. The normalized spacial score (nSPS) is 15.6. The summed E-state index contributed by atoms with van der Waals surface area (Å²) in [7, 11) is 5.04. The Balaban J connectivity index is 1.96. The van der Waals surface area contributed by atoms with Gasteiger partial charge in [-0.1, -0.05) is 12.1 Å². The molecule has 3 aromatic rings. The molecule has 0 saturated carbocycles. The number of thiocarbonyl (C=S) groups is 1. The fourth-order valence-corrected chi connectivity index (χ4v) is 4.38. The summed E-state index contributed by atoms with van der Waals surface area (Å²) in [5.41, 5.74) is 4.57. The van der Waals surface area contributed by atoms with Crippen molar-refractivity contribution in [1.82, 2.24) is 15.2 Å². The lowest BCUT2D eigenvalue weighted by atomic mass is 9.88. The predicted octanol–water partition coefficient (Wildman–Crippen LogP) is 3.31. The summed E-state index contributed by atoms with van der Waals surface area (Å²) in [6.45, 7) is 2.70. The summed E-state index contributed by atoms with van der Waals surface area (Å²) in [6, 6.07) is 11.7. The summed E-state index contributed by atoms with van der Waals surface area (Å²) in [6.07, 6.45) is 0.790. The van der Waals surface area contributed by atoms with Gasteiger partial charge in [-0.05, 0) is 71.9 Å². The number of H-pyrrole nitrogens is 1. The van der Waals surface area contributed by atoms with Gasteiger partial charge in [0.15, 0.2) is 16.6 Å². The number of ether oxygens (including phenoxy) is 2. The number of aromatic nitrogens is 1. The molecule has 0 bridgehead atoms. The van der Waals surface area contributed by atoms with Crippen molar-refractivity contribution in [3.05, 3.63) is 69.0 Å². The van der Waals surface area contributed by atoms with E-state index >= 15 is 0 Å². The summed E-state index contributed by atoms with van der Waals surface area (Å²) in [5, 5.41) is 4.65. The number of hydrogen-bond donors (Lipinski definition) is 2. The highest BCUT2D eigenvalue weighted by Gasteiger charge is 2.33. The lowest BCUT2D eigenvalue weighted by Crippen LogP contribution is -2.46. The number of methoxy groups -OCH3 is 2. The van der Waals surface area contributed by atoms with Crippen molar-refractivity contribution in [2.24, 2.45) is 0 Å². The van der Waals surface area contributed by atoms with Crippen LogP contribution in [0.2, 0.25) is 0 Å². The largest absolute Gasteiger partial charge is 0.493 e. The first-order valence-corrected chi connectivity index (χ1v) is 10.2. The van der Waals surface area contributed by atoms with Crippen molar-refractivity contribution in [2.45, 2.75) is 19.4 Å². The first-order chi connectivity index (χ1) is 14.5. The third-order valence-corrected chi connectivity index (χ3v) is 6.11.